The Hall–Kier alpha value is -1.07. The predicted octanol–water partition coefficient (Wildman–Crippen LogP) is 3.44. The van der Waals surface area contributed by atoms with Crippen LogP contribution in [-0.2, 0) is 11.2 Å². The fraction of sp³-hybridized carbons (Fsp3) is 0.462. The zero-order chi connectivity index (χ0) is 10.9. The molecular formula is C13H16OS. The van der Waals surface area contributed by atoms with Gasteiger partial charge in [-0.2, -0.15) is 0 Å². The van der Waals surface area contributed by atoms with Crippen molar-refractivity contribution >= 4 is 17.1 Å². The van der Waals surface area contributed by atoms with Crippen LogP contribution in [0.25, 0.3) is 0 Å². The number of thiophene rings is 1. The van der Waals surface area contributed by atoms with Crippen LogP contribution in [0.4, 0.5) is 0 Å². The summed E-state index contributed by atoms with van der Waals surface area (Å²) >= 11 is 1.76. The van der Waals surface area contributed by atoms with E-state index in [1.54, 1.807) is 18.3 Å². The molecule has 0 fully saturated rings. The van der Waals surface area contributed by atoms with Gasteiger partial charge in [-0.05, 0) is 31.2 Å². The van der Waals surface area contributed by atoms with Gasteiger partial charge < -0.3 is 0 Å². The number of rotatable bonds is 6. The third-order valence-electron chi connectivity index (χ3n) is 2.16. The molecule has 1 nitrogen and oxygen atoms in total. The lowest BCUT2D eigenvalue weighted by molar-refractivity contribution is -0.119. The highest BCUT2D eigenvalue weighted by Crippen LogP contribution is 2.12. The quantitative estimate of drug-likeness (QED) is 0.671. The average molecular weight is 220 g/mol. The first-order valence-electron chi connectivity index (χ1n) is 5.26. The van der Waals surface area contributed by atoms with Crippen molar-refractivity contribution in [2.24, 2.45) is 0 Å². The van der Waals surface area contributed by atoms with Gasteiger partial charge in [0.2, 0.25) is 0 Å². The number of carbonyl (C=O) groups excluding carboxylic acids is 1. The van der Waals surface area contributed by atoms with Gasteiger partial charge in [0.25, 0.3) is 0 Å². The third-order valence-corrected chi connectivity index (χ3v) is 3.10. The number of aryl methyl sites for hydroxylation is 1. The van der Waals surface area contributed by atoms with Crippen LogP contribution in [0.5, 0.6) is 0 Å². The Kier molecular flexibility index (Phi) is 5.80. The van der Waals surface area contributed by atoms with Gasteiger partial charge in [0.05, 0.1) is 0 Å². The number of hydrogen-bond acceptors (Lipinski definition) is 2. The second-order valence-corrected chi connectivity index (χ2v) is 4.43. The standard InChI is InChI=1S/C13H16OS/c1-2-3-4-7-12(14)8-5-9-13-10-6-11-15-13/h6,10-11H,4-5,7-9H2,1H3. The Morgan fingerprint density at radius 1 is 1.47 bits per heavy atom. The summed E-state index contributed by atoms with van der Waals surface area (Å²) in [4.78, 5) is 12.8. The van der Waals surface area contributed by atoms with Crippen LogP contribution in [0.15, 0.2) is 17.5 Å². The summed E-state index contributed by atoms with van der Waals surface area (Å²) in [5.74, 6) is 6.06. The molecule has 0 aliphatic carbocycles. The van der Waals surface area contributed by atoms with Crippen molar-refractivity contribution in [2.75, 3.05) is 0 Å². The fourth-order valence-corrected chi connectivity index (χ4v) is 2.12. The minimum Gasteiger partial charge on any atom is -0.300 e. The van der Waals surface area contributed by atoms with E-state index in [0.717, 1.165) is 12.8 Å². The molecule has 0 saturated heterocycles. The van der Waals surface area contributed by atoms with Crippen molar-refractivity contribution in [3.8, 4) is 11.8 Å². The van der Waals surface area contributed by atoms with E-state index in [0.29, 0.717) is 25.0 Å². The lowest BCUT2D eigenvalue weighted by atomic mass is 10.1. The summed E-state index contributed by atoms with van der Waals surface area (Å²) < 4.78 is 0. The third kappa shape index (κ3) is 5.39. The Labute approximate surface area is 95.5 Å². The lowest BCUT2D eigenvalue weighted by Crippen LogP contribution is -1.97. The van der Waals surface area contributed by atoms with E-state index in [1.807, 2.05) is 0 Å². The first-order valence-corrected chi connectivity index (χ1v) is 6.14. The van der Waals surface area contributed by atoms with Crippen LogP contribution in [0.3, 0.4) is 0 Å². The molecule has 0 spiro atoms. The zero-order valence-corrected chi connectivity index (χ0v) is 9.90. The van der Waals surface area contributed by atoms with Gasteiger partial charge in [0, 0.05) is 24.1 Å². The molecule has 0 amide bonds. The van der Waals surface area contributed by atoms with E-state index < -0.39 is 0 Å². The molecular weight excluding hydrogens is 204 g/mol. The molecule has 0 aliphatic rings. The number of Topliss-reactive ketones (excluding diaryl/α,β-unsaturated/α-hetero) is 1. The Morgan fingerprint density at radius 2 is 2.33 bits per heavy atom. The summed E-state index contributed by atoms with van der Waals surface area (Å²) in [6.45, 7) is 1.81. The molecule has 0 atom stereocenters. The van der Waals surface area contributed by atoms with E-state index in [9.17, 15) is 4.79 Å². The molecule has 0 aliphatic heterocycles. The summed E-state index contributed by atoms with van der Waals surface area (Å²) in [5.41, 5.74) is 0. The summed E-state index contributed by atoms with van der Waals surface area (Å²) in [7, 11) is 0. The van der Waals surface area contributed by atoms with Gasteiger partial charge in [-0.1, -0.05) is 6.07 Å². The van der Waals surface area contributed by atoms with Crippen LogP contribution in [0.2, 0.25) is 0 Å². The van der Waals surface area contributed by atoms with Crippen LogP contribution in [-0.4, -0.2) is 5.78 Å². The molecule has 0 bridgehead atoms. The van der Waals surface area contributed by atoms with E-state index in [2.05, 4.69) is 29.4 Å². The summed E-state index contributed by atoms with van der Waals surface area (Å²) in [5, 5.41) is 2.08. The van der Waals surface area contributed by atoms with Crippen LogP contribution in [0, 0.1) is 11.8 Å². The van der Waals surface area contributed by atoms with Crippen molar-refractivity contribution in [1.29, 1.82) is 0 Å². The predicted molar refractivity (Wildman–Crippen MR) is 64.9 cm³/mol. The first-order chi connectivity index (χ1) is 7.33. The monoisotopic (exact) mass is 220 g/mol. The fourth-order valence-electron chi connectivity index (χ4n) is 1.37. The first kappa shape index (κ1) is 12.0. The number of carbonyl (C=O) groups is 1. The largest absolute Gasteiger partial charge is 0.300 e. The smallest absolute Gasteiger partial charge is 0.133 e. The van der Waals surface area contributed by atoms with Crippen molar-refractivity contribution < 1.29 is 4.79 Å². The molecule has 0 N–H and O–H groups in total. The highest BCUT2D eigenvalue weighted by Gasteiger charge is 2.01. The molecule has 0 saturated carbocycles. The number of ketones is 1. The molecule has 0 unspecified atom stereocenters. The van der Waals surface area contributed by atoms with Crippen LogP contribution >= 0.6 is 11.3 Å². The van der Waals surface area contributed by atoms with Crippen LogP contribution in [0.1, 0.15) is 37.5 Å². The second kappa shape index (κ2) is 7.25. The minimum absolute atomic E-state index is 0.342. The highest BCUT2D eigenvalue weighted by atomic mass is 32.1. The van der Waals surface area contributed by atoms with Gasteiger partial charge in [0.15, 0.2) is 0 Å². The Morgan fingerprint density at radius 3 is 3.00 bits per heavy atom. The molecule has 80 valence electrons. The maximum absolute atomic E-state index is 11.4. The highest BCUT2D eigenvalue weighted by molar-refractivity contribution is 7.09. The van der Waals surface area contributed by atoms with Crippen molar-refractivity contribution in [2.45, 2.75) is 39.0 Å². The SMILES string of the molecule is CC#CCCC(=O)CCCc1cccs1. The molecule has 0 radical (unpaired) electrons. The summed E-state index contributed by atoms with van der Waals surface area (Å²) in [6.07, 6.45) is 4.03. The van der Waals surface area contributed by atoms with Gasteiger partial charge in [-0.25, -0.2) is 0 Å². The topological polar surface area (TPSA) is 17.1 Å². The average Bonchev–Trinajstić information content (AvgIpc) is 2.71. The molecule has 1 aromatic rings. The van der Waals surface area contributed by atoms with Gasteiger partial charge in [0.1, 0.15) is 5.78 Å². The minimum atomic E-state index is 0.342. The maximum Gasteiger partial charge on any atom is 0.133 e. The molecule has 0 aromatic carbocycles. The van der Waals surface area contributed by atoms with E-state index >= 15 is 0 Å². The van der Waals surface area contributed by atoms with Gasteiger partial charge >= 0.3 is 0 Å². The van der Waals surface area contributed by atoms with E-state index in [1.165, 1.54) is 4.88 Å². The molecule has 1 aromatic heterocycles. The van der Waals surface area contributed by atoms with Gasteiger partial charge in [-0.15, -0.1) is 23.2 Å². The normalized spacial score (nSPS) is 9.40. The second-order valence-electron chi connectivity index (χ2n) is 3.40. The molecule has 1 rings (SSSR count). The molecule has 1 heterocycles. The Bertz CT molecular complexity index is 340. The summed E-state index contributed by atoms with van der Waals surface area (Å²) in [6, 6.07) is 4.18. The Balaban J connectivity index is 2.08. The zero-order valence-electron chi connectivity index (χ0n) is 9.08. The number of hydrogen-bond donors (Lipinski definition) is 0. The maximum atomic E-state index is 11.4. The van der Waals surface area contributed by atoms with E-state index in [-0.39, 0.29) is 0 Å². The molecule has 2 heteroatoms. The van der Waals surface area contributed by atoms with Crippen molar-refractivity contribution in [3.63, 3.8) is 0 Å². The van der Waals surface area contributed by atoms with Crippen molar-refractivity contribution in [3.05, 3.63) is 22.4 Å². The lowest BCUT2D eigenvalue weighted by Gasteiger charge is -1.97. The van der Waals surface area contributed by atoms with Crippen molar-refractivity contribution in [1.82, 2.24) is 0 Å². The van der Waals surface area contributed by atoms with Crippen LogP contribution < -0.4 is 0 Å². The molecule has 15 heavy (non-hydrogen) atoms. The van der Waals surface area contributed by atoms with E-state index in [4.69, 9.17) is 0 Å². The van der Waals surface area contributed by atoms with Gasteiger partial charge in [-0.3, -0.25) is 4.79 Å².